The Labute approximate surface area is 94.6 Å². The summed E-state index contributed by atoms with van der Waals surface area (Å²) in [6.07, 6.45) is 5.00. The third kappa shape index (κ3) is 7.43. The molecule has 0 aromatic heterocycles. The van der Waals surface area contributed by atoms with E-state index < -0.39 is 0 Å². The van der Waals surface area contributed by atoms with Gasteiger partial charge in [0.2, 0.25) is 0 Å². The van der Waals surface area contributed by atoms with Crippen molar-refractivity contribution in [3.8, 4) is 0 Å². The summed E-state index contributed by atoms with van der Waals surface area (Å²) in [7, 11) is 0. The normalized spacial score (nSPS) is 12.8. The molecule has 13 heavy (non-hydrogen) atoms. The summed E-state index contributed by atoms with van der Waals surface area (Å²) in [4.78, 5) is 11.3. The first-order valence-electron chi connectivity index (χ1n) is 5.00. The molecule has 2 nitrogen and oxygen atoms in total. The first-order chi connectivity index (χ1) is 6.22. The van der Waals surface area contributed by atoms with Crippen molar-refractivity contribution < 1.29 is 9.53 Å². The zero-order chi connectivity index (χ0) is 10.1. The largest absolute Gasteiger partial charge is 0.360 e. The van der Waals surface area contributed by atoms with Crippen LogP contribution in [-0.4, -0.2) is 16.5 Å². The third-order valence-electron chi connectivity index (χ3n) is 1.76. The van der Waals surface area contributed by atoms with E-state index in [9.17, 15) is 4.79 Å². The van der Waals surface area contributed by atoms with Gasteiger partial charge < -0.3 is 4.74 Å². The molecule has 0 heterocycles. The van der Waals surface area contributed by atoms with Crippen LogP contribution in [0.15, 0.2) is 0 Å². The molecule has 0 spiro atoms. The Morgan fingerprint density at radius 1 is 1.31 bits per heavy atom. The molecule has 0 aliphatic heterocycles. The summed E-state index contributed by atoms with van der Waals surface area (Å²) in [5.74, 6) is 0.222. The highest BCUT2D eigenvalue weighted by molar-refractivity contribution is 14.1. The van der Waals surface area contributed by atoms with Crippen LogP contribution < -0.4 is 0 Å². The van der Waals surface area contributed by atoms with Crippen molar-refractivity contribution in [2.75, 3.05) is 6.61 Å². The molecule has 3 heteroatoms. The van der Waals surface area contributed by atoms with Crippen LogP contribution in [0.2, 0.25) is 0 Å². The predicted molar refractivity (Wildman–Crippen MR) is 63.2 cm³/mol. The molecule has 0 saturated carbocycles. The van der Waals surface area contributed by atoms with Crippen LogP contribution in [0.3, 0.4) is 0 Å². The van der Waals surface area contributed by atoms with Gasteiger partial charge in [0.25, 0.3) is 0 Å². The Kier molecular flexibility index (Phi) is 9.18. The number of rotatable bonds is 8. The zero-order valence-corrected chi connectivity index (χ0v) is 10.7. The summed E-state index contributed by atoms with van der Waals surface area (Å²) in [6.45, 7) is 4.89. The van der Waals surface area contributed by atoms with Crippen LogP contribution in [0.1, 0.15) is 46.0 Å². The van der Waals surface area contributed by atoms with E-state index in [2.05, 4.69) is 29.5 Å². The smallest absolute Gasteiger partial charge is 0.171 e. The van der Waals surface area contributed by atoms with E-state index in [0.717, 1.165) is 19.4 Å². The second-order valence-corrected chi connectivity index (χ2v) is 4.24. The summed E-state index contributed by atoms with van der Waals surface area (Å²) >= 11 is 2.07. The van der Waals surface area contributed by atoms with E-state index in [1.54, 1.807) is 0 Å². The Morgan fingerprint density at radius 3 is 2.54 bits per heavy atom. The average Bonchev–Trinajstić information content (AvgIpc) is 2.12. The Balaban J connectivity index is 3.38. The van der Waals surface area contributed by atoms with Crippen molar-refractivity contribution >= 4 is 28.4 Å². The number of halogens is 1. The average molecular weight is 298 g/mol. The lowest BCUT2D eigenvalue weighted by molar-refractivity contribution is -0.124. The number of carbonyl (C=O) groups excluding carboxylic acids is 1. The van der Waals surface area contributed by atoms with Gasteiger partial charge in [-0.15, -0.1) is 0 Å². The maximum absolute atomic E-state index is 11.3. The quantitative estimate of drug-likeness (QED) is 0.390. The number of hydrogen-bond donors (Lipinski definition) is 0. The summed E-state index contributed by atoms with van der Waals surface area (Å²) in [6, 6.07) is 0. The van der Waals surface area contributed by atoms with Crippen molar-refractivity contribution in [1.82, 2.24) is 0 Å². The maximum atomic E-state index is 11.3. The number of Topliss-reactive ketones (excluding diaryl/α,β-unsaturated/α-hetero) is 1. The molecular weight excluding hydrogens is 279 g/mol. The van der Waals surface area contributed by atoms with Crippen LogP contribution in [0.4, 0.5) is 0 Å². The fraction of sp³-hybridized carbons (Fsp3) is 0.900. The van der Waals surface area contributed by atoms with E-state index in [1.165, 1.54) is 12.8 Å². The molecule has 0 rings (SSSR count). The third-order valence-corrected chi connectivity index (χ3v) is 2.82. The molecule has 0 saturated heterocycles. The van der Waals surface area contributed by atoms with Crippen LogP contribution in [0.25, 0.3) is 0 Å². The lowest BCUT2D eigenvalue weighted by atomic mass is 10.2. The summed E-state index contributed by atoms with van der Waals surface area (Å²) < 4.78 is 5.17. The molecule has 0 aromatic rings. The Bertz CT molecular complexity index is 137. The Hall–Kier alpha value is 0.360. The highest BCUT2D eigenvalue weighted by Gasteiger charge is 2.12. The number of carbonyl (C=O) groups is 1. The fourth-order valence-corrected chi connectivity index (χ4v) is 1.56. The molecule has 0 radical (unpaired) electrons. The van der Waals surface area contributed by atoms with Crippen LogP contribution in [-0.2, 0) is 9.53 Å². The van der Waals surface area contributed by atoms with Gasteiger partial charge in [-0.1, -0.05) is 26.7 Å². The molecule has 0 aliphatic rings. The van der Waals surface area contributed by atoms with E-state index in [1.807, 2.05) is 6.92 Å². The van der Waals surface area contributed by atoms with Crippen LogP contribution in [0.5, 0.6) is 0 Å². The highest BCUT2D eigenvalue weighted by Crippen LogP contribution is 2.09. The van der Waals surface area contributed by atoms with E-state index >= 15 is 0 Å². The molecular formula is C10H19IO2. The zero-order valence-electron chi connectivity index (χ0n) is 8.51. The van der Waals surface area contributed by atoms with Gasteiger partial charge in [-0.25, -0.2) is 0 Å². The predicted octanol–water partition coefficient (Wildman–Crippen LogP) is 3.32. The van der Waals surface area contributed by atoms with Gasteiger partial charge >= 0.3 is 0 Å². The van der Waals surface area contributed by atoms with Crippen molar-refractivity contribution in [2.24, 2.45) is 0 Å². The molecule has 0 fully saturated rings. The van der Waals surface area contributed by atoms with Gasteiger partial charge in [-0.3, -0.25) is 4.79 Å². The van der Waals surface area contributed by atoms with E-state index in [4.69, 9.17) is 4.74 Å². The minimum atomic E-state index is -0.227. The topological polar surface area (TPSA) is 26.3 Å². The SMILES string of the molecule is CCCCCOC(I)C(=O)CCC. The number of ether oxygens (including phenoxy) is 1. The van der Waals surface area contributed by atoms with Crippen LogP contribution >= 0.6 is 22.6 Å². The fourth-order valence-electron chi connectivity index (χ4n) is 0.992. The number of hydrogen-bond acceptors (Lipinski definition) is 2. The molecule has 0 bridgehead atoms. The number of alkyl halides is 1. The molecule has 0 aliphatic carbocycles. The van der Waals surface area contributed by atoms with Gasteiger partial charge in [0.05, 0.1) is 0 Å². The minimum Gasteiger partial charge on any atom is -0.360 e. The second-order valence-electron chi connectivity index (χ2n) is 3.11. The molecule has 1 atom stereocenters. The Morgan fingerprint density at radius 2 is 2.00 bits per heavy atom. The number of ketones is 1. The van der Waals surface area contributed by atoms with Gasteiger partial charge in [0, 0.05) is 13.0 Å². The van der Waals surface area contributed by atoms with Gasteiger partial charge in [0.15, 0.2) is 9.89 Å². The van der Waals surface area contributed by atoms with Crippen molar-refractivity contribution in [3.63, 3.8) is 0 Å². The monoisotopic (exact) mass is 298 g/mol. The van der Waals surface area contributed by atoms with Crippen LogP contribution in [0, 0.1) is 0 Å². The van der Waals surface area contributed by atoms with Gasteiger partial charge in [0.1, 0.15) is 0 Å². The molecule has 0 amide bonds. The van der Waals surface area contributed by atoms with E-state index in [0.29, 0.717) is 6.42 Å². The minimum absolute atomic E-state index is 0.222. The molecule has 1 unspecified atom stereocenters. The maximum Gasteiger partial charge on any atom is 0.171 e. The van der Waals surface area contributed by atoms with Crippen molar-refractivity contribution in [2.45, 2.75) is 50.1 Å². The number of unbranched alkanes of at least 4 members (excludes halogenated alkanes) is 2. The van der Waals surface area contributed by atoms with Gasteiger partial charge in [-0.2, -0.15) is 0 Å². The lowest BCUT2D eigenvalue weighted by Gasteiger charge is -2.09. The highest BCUT2D eigenvalue weighted by atomic mass is 127. The first-order valence-corrected chi connectivity index (χ1v) is 6.25. The lowest BCUT2D eigenvalue weighted by Crippen LogP contribution is -2.17. The standard InChI is InChI=1S/C10H19IO2/c1-3-5-6-8-13-10(11)9(12)7-4-2/h10H,3-8H2,1-2H3. The molecule has 78 valence electrons. The molecule has 0 aromatic carbocycles. The van der Waals surface area contributed by atoms with Gasteiger partial charge in [-0.05, 0) is 35.4 Å². The second kappa shape index (κ2) is 8.94. The summed E-state index contributed by atoms with van der Waals surface area (Å²) in [5.41, 5.74) is 0. The molecule has 0 N–H and O–H groups in total. The summed E-state index contributed by atoms with van der Waals surface area (Å²) in [5, 5.41) is 0. The first kappa shape index (κ1) is 13.4. The van der Waals surface area contributed by atoms with Crippen molar-refractivity contribution in [1.29, 1.82) is 0 Å². The van der Waals surface area contributed by atoms with E-state index in [-0.39, 0.29) is 9.89 Å². The van der Waals surface area contributed by atoms with Crippen molar-refractivity contribution in [3.05, 3.63) is 0 Å².